The summed E-state index contributed by atoms with van der Waals surface area (Å²) in [6, 6.07) is 0.718. The maximum Gasteiger partial charge on any atom is 0.234 e. The molecule has 1 rings (SSSR count). The maximum absolute atomic E-state index is 11.5. The van der Waals surface area contributed by atoms with Gasteiger partial charge in [-0.25, -0.2) is 0 Å². The number of hydrogen-bond acceptors (Lipinski definition) is 3. The predicted molar refractivity (Wildman–Crippen MR) is 59.7 cm³/mol. The van der Waals surface area contributed by atoms with Gasteiger partial charge in [0, 0.05) is 25.3 Å². The van der Waals surface area contributed by atoms with Crippen LogP contribution in [0, 0.1) is 0 Å². The molecule has 0 aliphatic carbocycles. The Morgan fingerprint density at radius 3 is 2.73 bits per heavy atom. The lowest BCUT2D eigenvalue weighted by Crippen LogP contribution is -2.43. The Bertz CT molecular complexity index is 191. The van der Waals surface area contributed by atoms with Crippen LogP contribution in [0.2, 0.25) is 0 Å². The molecule has 1 saturated heterocycles. The first-order valence-corrected chi connectivity index (χ1v) is 5.83. The molecule has 0 saturated carbocycles. The molecule has 1 fully saturated rings. The second-order valence-corrected chi connectivity index (χ2v) is 4.14. The summed E-state index contributed by atoms with van der Waals surface area (Å²) in [5.41, 5.74) is 0. The quantitative estimate of drug-likeness (QED) is 0.707. The van der Waals surface area contributed by atoms with Crippen molar-refractivity contribution in [1.82, 2.24) is 10.6 Å². The zero-order chi connectivity index (χ0) is 11.1. The van der Waals surface area contributed by atoms with Crippen LogP contribution < -0.4 is 10.6 Å². The van der Waals surface area contributed by atoms with E-state index in [0.29, 0.717) is 12.6 Å². The van der Waals surface area contributed by atoms with Crippen molar-refractivity contribution in [3.8, 4) is 0 Å². The summed E-state index contributed by atoms with van der Waals surface area (Å²) in [5, 5.41) is 6.20. The van der Waals surface area contributed by atoms with Crippen LogP contribution in [0.1, 0.15) is 33.1 Å². The van der Waals surface area contributed by atoms with Crippen LogP contribution in [0.3, 0.4) is 0 Å². The normalized spacial score (nSPS) is 19.9. The van der Waals surface area contributed by atoms with Crippen LogP contribution in [-0.4, -0.2) is 37.7 Å². The fraction of sp³-hybridized carbons (Fsp3) is 0.909. The van der Waals surface area contributed by atoms with Gasteiger partial charge in [-0.2, -0.15) is 0 Å². The van der Waals surface area contributed by atoms with Crippen molar-refractivity contribution >= 4 is 5.91 Å². The van der Waals surface area contributed by atoms with Gasteiger partial charge in [-0.3, -0.25) is 4.79 Å². The van der Waals surface area contributed by atoms with Gasteiger partial charge in [0.15, 0.2) is 0 Å². The van der Waals surface area contributed by atoms with E-state index in [4.69, 9.17) is 4.74 Å². The van der Waals surface area contributed by atoms with Crippen molar-refractivity contribution in [3.05, 3.63) is 0 Å². The van der Waals surface area contributed by atoms with E-state index in [1.807, 2.05) is 6.92 Å². The zero-order valence-corrected chi connectivity index (χ0v) is 9.71. The number of amides is 1. The third-order valence-electron chi connectivity index (χ3n) is 2.79. The summed E-state index contributed by atoms with van der Waals surface area (Å²) in [7, 11) is 0. The SMILES string of the molecule is CCC(C)NC(=O)CNC1CCOCC1. The van der Waals surface area contributed by atoms with Gasteiger partial charge in [0.2, 0.25) is 5.91 Å². The molecule has 1 aliphatic rings. The zero-order valence-electron chi connectivity index (χ0n) is 9.71. The van der Waals surface area contributed by atoms with E-state index < -0.39 is 0 Å². The summed E-state index contributed by atoms with van der Waals surface area (Å²) < 4.78 is 5.25. The minimum absolute atomic E-state index is 0.0934. The second kappa shape index (κ2) is 6.80. The highest BCUT2D eigenvalue weighted by Gasteiger charge is 2.14. The van der Waals surface area contributed by atoms with Gasteiger partial charge in [0.1, 0.15) is 0 Å². The number of carbonyl (C=O) groups is 1. The molecule has 0 bridgehead atoms. The molecule has 0 aromatic heterocycles. The van der Waals surface area contributed by atoms with Crippen LogP contribution in [0.5, 0.6) is 0 Å². The molecule has 0 aromatic carbocycles. The Morgan fingerprint density at radius 2 is 2.13 bits per heavy atom. The molecule has 1 aliphatic heterocycles. The molecule has 88 valence electrons. The van der Waals surface area contributed by atoms with E-state index in [2.05, 4.69) is 17.6 Å². The fourth-order valence-electron chi connectivity index (χ4n) is 1.57. The molecule has 15 heavy (non-hydrogen) atoms. The summed E-state index contributed by atoms with van der Waals surface area (Å²) in [5.74, 6) is 0.0934. The average molecular weight is 214 g/mol. The van der Waals surface area contributed by atoms with E-state index >= 15 is 0 Å². The molecule has 4 nitrogen and oxygen atoms in total. The van der Waals surface area contributed by atoms with Gasteiger partial charge in [0.05, 0.1) is 6.54 Å². The van der Waals surface area contributed by atoms with Gasteiger partial charge in [-0.05, 0) is 26.2 Å². The number of hydrogen-bond donors (Lipinski definition) is 2. The topological polar surface area (TPSA) is 50.4 Å². The van der Waals surface area contributed by atoms with E-state index in [9.17, 15) is 4.79 Å². The summed E-state index contributed by atoms with van der Waals surface area (Å²) in [6.45, 7) is 6.13. The number of rotatable bonds is 5. The maximum atomic E-state index is 11.5. The standard InChI is InChI=1S/C11H22N2O2/c1-3-9(2)13-11(14)8-12-10-4-6-15-7-5-10/h9-10,12H,3-8H2,1-2H3,(H,13,14). The number of ether oxygens (including phenoxy) is 1. The molecule has 1 unspecified atom stereocenters. The third-order valence-corrected chi connectivity index (χ3v) is 2.79. The van der Waals surface area contributed by atoms with Crippen molar-refractivity contribution < 1.29 is 9.53 Å². The molecule has 0 aromatic rings. The first-order valence-electron chi connectivity index (χ1n) is 5.83. The van der Waals surface area contributed by atoms with Crippen LogP contribution in [-0.2, 0) is 9.53 Å². The Morgan fingerprint density at radius 1 is 1.47 bits per heavy atom. The first kappa shape index (κ1) is 12.5. The Kier molecular flexibility index (Phi) is 5.65. The monoisotopic (exact) mass is 214 g/mol. The van der Waals surface area contributed by atoms with E-state index in [0.717, 1.165) is 32.5 Å². The van der Waals surface area contributed by atoms with Gasteiger partial charge < -0.3 is 15.4 Å². The molecule has 2 N–H and O–H groups in total. The van der Waals surface area contributed by atoms with Crippen LogP contribution in [0.4, 0.5) is 0 Å². The third kappa shape index (κ3) is 5.14. The second-order valence-electron chi connectivity index (χ2n) is 4.14. The van der Waals surface area contributed by atoms with Gasteiger partial charge >= 0.3 is 0 Å². The lowest BCUT2D eigenvalue weighted by Gasteiger charge is -2.23. The van der Waals surface area contributed by atoms with Gasteiger partial charge in [-0.15, -0.1) is 0 Å². The predicted octanol–water partition coefficient (Wildman–Crippen LogP) is 0.670. The minimum atomic E-state index is 0.0934. The number of nitrogens with one attached hydrogen (secondary N) is 2. The lowest BCUT2D eigenvalue weighted by atomic mass is 10.1. The van der Waals surface area contributed by atoms with Crippen molar-refractivity contribution in [1.29, 1.82) is 0 Å². The van der Waals surface area contributed by atoms with Crippen LogP contribution >= 0.6 is 0 Å². The largest absolute Gasteiger partial charge is 0.381 e. The summed E-state index contributed by atoms with van der Waals surface area (Å²) in [6.07, 6.45) is 3.00. The molecule has 1 heterocycles. The van der Waals surface area contributed by atoms with Gasteiger partial charge in [-0.1, -0.05) is 6.92 Å². The van der Waals surface area contributed by atoms with Crippen LogP contribution in [0.15, 0.2) is 0 Å². The highest BCUT2D eigenvalue weighted by Crippen LogP contribution is 2.05. The smallest absolute Gasteiger partial charge is 0.234 e. The van der Waals surface area contributed by atoms with Gasteiger partial charge in [0.25, 0.3) is 0 Å². The average Bonchev–Trinajstić information content (AvgIpc) is 2.27. The van der Waals surface area contributed by atoms with E-state index in [-0.39, 0.29) is 11.9 Å². The van der Waals surface area contributed by atoms with E-state index in [1.165, 1.54) is 0 Å². The molecule has 1 amide bonds. The Hall–Kier alpha value is -0.610. The number of carbonyl (C=O) groups excluding carboxylic acids is 1. The molecular weight excluding hydrogens is 192 g/mol. The van der Waals surface area contributed by atoms with E-state index in [1.54, 1.807) is 0 Å². The summed E-state index contributed by atoms with van der Waals surface area (Å²) >= 11 is 0. The van der Waals surface area contributed by atoms with Crippen molar-refractivity contribution in [2.75, 3.05) is 19.8 Å². The molecule has 0 radical (unpaired) electrons. The summed E-state index contributed by atoms with van der Waals surface area (Å²) in [4.78, 5) is 11.5. The molecule has 4 heteroatoms. The molecule has 0 spiro atoms. The Balaban J connectivity index is 2.10. The van der Waals surface area contributed by atoms with Crippen molar-refractivity contribution in [2.45, 2.75) is 45.2 Å². The lowest BCUT2D eigenvalue weighted by molar-refractivity contribution is -0.121. The first-order chi connectivity index (χ1) is 7.22. The Labute approximate surface area is 91.8 Å². The van der Waals surface area contributed by atoms with Crippen molar-refractivity contribution in [3.63, 3.8) is 0 Å². The molecular formula is C11H22N2O2. The highest BCUT2D eigenvalue weighted by molar-refractivity contribution is 5.78. The molecule has 1 atom stereocenters. The van der Waals surface area contributed by atoms with Crippen molar-refractivity contribution in [2.24, 2.45) is 0 Å². The fourth-order valence-corrected chi connectivity index (χ4v) is 1.57. The van der Waals surface area contributed by atoms with Crippen LogP contribution in [0.25, 0.3) is 0 Å². The minimum Gasteiger partial charge on any atom is -0.381 e. The highest BCUT2D eigenvalue weighted by atomic mass is 16.5.